The number of amides is 2. The highest BCUT2D eigenvalue weighted by molar-refractivity contribution is 7.11. The van der Waals surface area contributed by atoms with Crippen LogP contribution in [0.4, 0.5) is 9.80 Å². The number of carboxylic acids is 1. The van der Waals surface area contributed by atoms with E-state index in [-0.39, 0.29) is 29.5 Å². The first-order chi connectivity index (χ1) is 15.8. The van der Waals surface area contributed by atoms with Gasteiger partial charge >= 0.3 is 12.1 Å². The summed E-state index contributed by atoms with van der Waals surface area (Å²) in [4.78, 5) is 36.0. The van der Waals surface area contributed by atoms with Crippen molar-refractivity contribution in [1.29, 1.82) is 0 Å². The first-order valence-corrected chi connectivity index (χ1v) is 11.2. The summed E-state index contributed by atoms with van der Waals surface area (Å²) in [5.41, 5.74) is 4.84. The molecule has 4 rings (SSSR count). The molecule has 1 heterocycles. The average Bonchev–Trinajstić information content (AvgIpc) is 3.29. The number of fused-ring (bicyclic) bond motifs is 3. The minimum Gasteiger partial charge on any atom is -0.478 e. The number of ether oxygens (including phenoxy) is 1. The van der Waals surface area contributed by atoms with E-state index < -0.39 is 24.0 Å². The Balaban J connectivity index is 1.32. The number of aromatic carboxylic acids is 1. The second kappa shape index (κ2) is 9.41. The van der Waals surface area contributed by atoms with E-state index in [4.69, 9.17) is 4.74 Å². The molecule has 1 aliphatic rings. The summed E-state index contributed by atoms with van der Waals surface area (Å²) in [6.07, 6.45) is -0.655. The summed E-state index contributed by atoms with van der Waals surface area (Å²) < 4.78 is 9.47. The van der Waals surface area contributed by atoms with E-state index in [9.17, 15) is 19.5 Å². The van der Waals surface area contributed by atoms with Crippen molar-refractivity contribution in [2.24, 2.45) is 0 Å². The van der Waals surface area contributed by atoms with Crippen LogP contribution in [0.15, 0.2) is 48.5 Å². The third kappa shape index (κ3) is 4.73. The van der Waals surface area contributed by atoms with E-state index in [1.165, 1.54) is 0 Å². The Morgan fingerprint density at radius 1 is 1.09 bits per heavy atom. The Morgan fingerprint density at radius 2 is 1.70 bits per heavy atom. The SMILES string of the molecule is Cc1nsc(NC(=O)C[C@H](C)NC(=O)OCC2c3ccccc3-c3ccccc32)c1C(=O)O. The first kappa shape index (κ1) is 22.5. The fourth-order valence-electron chi connectivity index (χ4n) is 4.05. The second-order valence-electron chi connectivity index (χ2n) is 7.90. The lowest BCUT2D eigenvalue weighted by Gasteiger charge is -2.17. The summed E-state index contributed by atoms with van der Waals surface area (Å²) in [5.74, 6) is -1.63. The van der Waals surface area contributed by atoms with Crippen LogP contribution in [0.2, 0.25) is 0 Å². The van der Waals surface area contributed by atoms with E-state index in [0.29, 0.717) is 5.69 Å². The van der Waals surface area contributed by atoms with Crippen LogP contribution in [0, 0.1) is 6.92 Å². The van der Waals surface area contributed by atoms with Crippen molar-refractivity contribution in [3.05, 3.63) is 70.9 Å². The number of hydrogen-bond donors (Lipinski definition) is 3. The van der Waals surface area contributed by atoms with Crippen molar-refractivity contribution in [2.75, 3.05) is 11.9 Å². The fourth-order valence-corrected chi connectivity index (χ4v) is 4.86. The minimum absolute atomic E-state index is 0.0227. The molecule has 2 aromatic carbocycles. The van der Waals surface area contributed by atoms with Crippen LogP contribution in [0.1, 0.15) is 46.4 Å². The predicted octanol–water partition coefficient (Wildman–Crippen LogP) is 4.41. The third-order valence-corrected chi connectivity index (χ3v) is 6.38. The Morgan fingerprint density at radius 3 is 2.30 bits per heavy atom. The Labute approximate surface area is 194 Å². The van der Waals surface area contributed by atoms with Gasteiger partial charge in [-0.05, 0) is 47.6 Å². The van der Waals surface area contributed by atoms with Crippen molar-refractivity contribution in [2.45, 2.75) is 32.2 Å². The van der Waals surface area contributed by atoms with Crippen molar-refractivity contribution in [3.8, 4) is 11.1 Å². The number of carbonyl (C=O) groups excluding carboxylic acids is 2. The van der Waals surface area contributed by atoms with Gasteiger partial charge in [0.25, 0.3) is 0 Å². The van der Waals surface area contributed by atoms with Gasteiger partial charge in [0.15, 0.2) is 0 Å². The van der Waals surface area contributed by atoms with Crippen LogP contribution in [0.3, 0.4) is 0 Å². The van der Waals surface area contributed by atoms with Crippen LogP contribution in [-0.4, -0.2) is 40.1 Å². The van der Waals surface area contributed by atoms with Crippen molar-refractivity contribution < 1.29 is 24.2 Å². The number of aryl methyl sites for hydroxylation is 1. The van der Waals surface area contributed by atoms with Gasteiger partial charge in [-0.2, -0.15) is 4.37 Å². The topological polar surface area (TPSA) is 118 Å². The molecule has 0 spiro atoms. The number of rotatable bonds is 7. The monoisotopic (exact) mass is 465 g/mol. The van der Waals surface area contributed by atoms with E-state index in [1.807, 2.05) is 36.4 Å². The molecule has 170 valence electrons. The standard InChI is InChI=1S/C24H23N3O5S/c1-13(11-20(28)26-22-21(23(29)30)14(2)27-33-22)25-24(31)32-12-19-17-9-5-3-7-15(17)16-8-4-6-10-18(16)19/h3-10,13,19H,11-12H2,1-2H3,(H,25,31)(H,26,28)(H,29,30)/t13-/m0/s1. The van der Waals surface area contributed by atoms with Crippen LogP contribution >= 0.6 is 11.5 Å². The highest BCUT2D eigenvalue weighted by Crippen LogP contribution is 2.44. The molecule has 1 atom stereocenters. The Bertz CT molecular complexity index is 1180. The summed E-state index contributed by atoms with van der Waals surface area (Å²) in [7, 11) is 0. The zero-order chi connectivity index (χ0) is 23.5. The molecule has 3 aromatic rings. The summed E-state index contributed by atoms with van der Waals surface area (Å²) in [6.45, 7) is 3.43. The maximum Gasteiger partial charge on any atom is 0.407 e. The maximum atomic E-state index is 12.4. The van der Waals surface area contributed by atoms with Crippen LogP contribution < -0.4 is 10.6 Å². The van der Waals surface area contributed by atoms with E-state index in [0.717, 1.165) is 33.8 Å². The number of benzene rings is 2. The molecule has 9 heteroatoms. The Hall–Kier alpha value is -3.72. The number of anilines is 1. The van der Waals surface area contributed by atoms with E-state index in [1.54, 1.807) is 13.8 Å². The normalized spacial score (nSPS) is 13.0. The van der Waals surface area contributed by atoms with Gasteiger partial charge in [0.05, 0.1) is 5.69 Å². The summed E-state index contributed by atoms with van der Waals surface area (Å²) >= 11 is 0.910. The van der Waals surface area contributed by atoms with Crippen LogP contribution in [0.5, 0.6) is 0 Å². The molecule has 0 saturated carbocycles. The number of alkyl carbamates (subject to hydrolysis) is 1. The van der Waals surface area contributed by atoms with Gasteiger partial charge in [-0.3, -0.25) is 4.79 Å². The molecule has 1 aromatic heterocycles. The van der Waals surface area contributed by atoms with Gasteiger partial charge in [0, 0.05) is 18.4 Å². The number of carbonyl (C=O) groups is 3. The highest BCUT2D eigenvalue weighted by Gasteiger charge is 2.29. The molecule has 33 heavy (non-hydrogen) atoms. The van der Waals surface area contributed by atoms with Crippen LogP contribution in [0.25, 0.3) is 11.1 Å². The molecular formula is C24H23N3O5S. The number of hydrogen-bond acceptors (Lipinski definition) is 6. The van der Waals surface area contributed by atoms with Crippen molar-refractivity contribution in [3.63, 3.8) is 0 Å². The van der Waals surface area contributed by atoms with Gasteiger partial charge in [-0.15, -0.1) is 0 Å². The molecule has 0 bridgehead atoms. The maximum absolute atomic E-state index is 12.4. The first-order valence-electron chi connectivity index (χ1n) is 10.5. The lowest BCUT2D eigenvalue weighted by Crippen LogP contribution is -2.36. The summed E-state index contributed by atoms with van der Waals surface area (Å²) in [6, 6.07) is 15.6. The largest absolute Gasteiger partial charge is 0.478 e. The number of carboxylic acid groups (broad SMARTS) is 1. The number of nitrogens with zero attached hydrogens (tertiary/aromatic N) is 1. The van der Waals surface area contributed by atoms with Crippen molar-refractivity contribution >= 4 is 34.5 Å². The zero-order valence-corrected chi connectivity index (χ0v) is 18.9. The fraction of sp³-hybridized carbons (Fsp3) is 0.250. The van der Waals surface area contributed by atoms with Gasteiger partial charge in [0.2, 0.25) is 5.91 Å². The van der Waals surface area contributed by atoms with Gasteiger partial charge in [-0.1, -0.05) is 48.5 Å². The van der Waals surface area contributed by atoms with Gasteiger partial charge in [-0.25, -0.2) is 9.59 Å². The van der Waals surface area contributed by atoms with Gasteiger partial charge < -0.3 is 20.5 Å². The molecule has 0 aliphatic heterocycles. The zero-order valence-electron chi connectivity index (χ0n) is 18.1. The van der Waals surface area contributed by atoms with E-state index in [2.05, 4.69) is 27.1 Å². The average molecular weight is 466 g/mol. The van der Waals surface area contributed by atoms with Crippen LogP contribution in [-0.2, 0) is 9.53 Å². The number of aromatic nitrogens is 1. The molecule has 1 aliphatic carbocycles. The molecule has 0 unspecified atom stereocenters. The number of nitrogens with one attached hydrogen (secondary N) is 2. The smallest absolute Gasteiger partial charge is 0.407 e. The lowest BCUT2D eigenvalue weighted by atomic mass is 9.98. The molecule has 0 radical (unpaired) electrons. The lowest BCUT2D eigenvalue weighted by molar-refractivity contribution is -0.116. The van der Waals surface area contributed by atoms with Crippen molar-refractivity contribution in [1.82, 2.24) is 9.69 Å². The Kier molecular flexibility index (Phi) is 6.41. The quantitative estimate of drug-likeness (QED) is 0.476. The second-order valence-corrected chi connectivity index (χ2v) is 8.67. The molecule has 0 fully saturated rings. The predicted molar refractivity (Wildman–Crippen MR) is 125 cm³/mol. The molecule has 3 N–H and O–H groups in total. The molecule has 2 amide bonds. The highest BCUT2D eigenvalue weighted by atomic mass is 32.1. The third-order valence-electron chi connectivity index (χ3n) is 5.53. The molecular weight excluding hydrogens is 442 g/mol. The minimum atomic E-state index is -1.15. The summed E-state index contributed by atoms with van der Waals surface area (Å²) in [5, 5.41) is 14.7. The van der Waals surface area contributed by atoms with E-state index >= 15 is 0 Å². The van der Waals surface area contributed by atoms with Gasteiger partial charge in [0.1, 0.15) is 17.2 Å². The molecule has 0 saturated heterocycles. The molecule has 8 nitrogen and oxygen atoms in total.